The molecule has 0 bridgehead atoms. The summed E-state index contributed by atoms with van der Waals surface area (Å²) in [5.41, 5.74) is 6.74. The average molecular weight is 288 g/mol. The first-order valence-electron chi connectivity index (χ1n) is 7.28. The largest absolute Gasteiger partial charge is 0.463 e. The highest BCUT2D eigenvalue weighted by atomic mass is 16.5. The Morgan fingerprint density at radius 2 is 2.00 bits per heavy atom. The third-order valence-corrected chi connectivity index (χ3v) is 3.57. The Kier molecular flexibility index (Phi) is 4.47. The van der Waals surface area contributed by atoms with Crippen LogP contribution in [-0.4, -0.2) is 54.3 Å². The molecular weight excluding hydrogens is 268 g/mol. The van der Waals surface area contributed by atoms with Gasteiger partial charge in [-0.15, -0.1) is 0 Å². The molecule has 112 valence electrons. The van der Waals surface area contributed by atoms with Gasteiger partial charge in [0.25, 0.3) is 0 Å². The normalized spacial score (nSPS) is 16.2. The Bertz CT molecular complexity index is 599. The summed E-state index contributed by atoms with van der Waals surface area (Å²) in [7, 11) is 0. The highest BCUT2D eigenvalue weighted by Crippen LogP contribution is 2.19. The number of para-hydroxylation sites is 1. The smallest absolute Gasteiger partial charge is 0.318 e. The van der Waals surface area contributed by atoms with Gasteiger partial charge >= 0.3 is 6.01 Å². The van der Waals surface area contributed by atoms with Crippen LogP contribution in [0.1, 0.15) is 6.42 Å². The van der Waals surface area contributed by atoms with Crippen LogP contribution in [0, 0.1) is 0 Å². The predicted molar refractivity (Wildman–Crippen MR) is 81.3 cm³/mol. The number of anilines is 1. The minimum Gasteiger partial charge on any atom is -0.463 e. The lowest BCUT2D eigenvalue weighted by molar-refractivity contribution is 0.0356. The predicted octanol–water partition coefficient (Wildman–Crippen LogP) is 1.31. The van der Waals surface area contributed by atoms with Crippen LogP contribution in [-0.2, 0) is 4.74 Å². The van der Waals surface area contributed by atoms with Gasteiger partial charge in [-0.2, -0.15) is 9.97 Å². The van der Waals surface area contributed by atoms with E-state index in [0.717, 1.165) is 50.2 Å². The highest BCUT2D eigenvalue weighted by Gasteiger charge is 2.10. The van der Waals surface area contributed by atoms with Crippen molar-refractivity contribution in [1.29, 1.82) is 0 Å². The quantitative estimate of drug-likeness (QED) is 0.836. The molecular formula is C15H20N4O2. The van der Waals surface area contributed by atoms with Crippen LogP contribution in [0.15, 0.2) is 24.3 Å². The molecule has 1 aliphatic heterocycles. The summed E-state index contributed by atoms with van der Waals surface area (Å²) in [6.45, 7) is 5.25. The lowest BCUT2D eigenvalue weighted by atomic mass is 10.2. The van der Waals surface area contributed by atoms with Crippen molar-refractivity contribution in [2.45, 2.75) is 6.42 Å². The van der Waals surface area contributed by atoms with Crippen molar-refractivity contribution < 1.29 is 9.47 Å². The zero-order chi connectivity index (χ0) is 14.5. The van der Waals surface area contributed by atoms with Crippen molar-refractivity contribution >= 4 is 16.7 Å². The molecule has 0 amide bonds. The summed E-state index contributed by atoms with van der Waals surface area (Å²) < 4.78 is 10.9. The van der Waals surface area contributed by atoms with Crippen molar-refractivity contribution in [3.8, 4) is 6.01 Å². The lowest BCUT2D eigenvalue weighted by Crippen LogP contribution is -2.37. The first kappa shape index (κ1) is 14.0. The topological polar surface area (TPSA) is 73.5 Å². The minimum atomic E-state index is 0.355. The standard InChI is InChI=1S/C15H20N4O2/c16-14-12-4-1-2-5-13(12)17-15(18-14)21-9-3-6-19-7-10-20-11-8-19/h1-2,4-5H,3,6-11H2,(H2,16,17,18). The van der Waals surface area contributed by atoms with E-state index < -0.39 is 0 Å². The second kappa shape index (κ2) is 6.69. The van der Waals surface area contributed by atoms with Crippen LogP contribution >= 0.6 is 0 Å². The fraction of sp³-hybridized carbons (Fsp3) is 0.467. The zero-order valence-corrected chi connectivity index (χ0v) is 12.0. The molecule has 0 spiro atoms. The van der Waals surface area contributed by atoms with Gasteiger partial charge in [0.2, 0.25) is 0 Å². The van der Waals surface area contributed by atoms with Crippen molar-refractivity contribution in [1.82, 2.24) is 14.9 Å². The van der Waals surface area contributed by atoms with Gasteiger partial charge in [-0.05, 0) is 18.6 Å². The molecule has 0 saturated carbocycles. The van der Waals surface area contributed by atoms with Crippen LogP contribution in [0.5, 0.6) is 6.01 Å². The second-order valence-electron chi connectivity index (χ2n) is 5.06. The molecule has 6 heteroatoms. The van der Waals surface area contributed by atoms with E-state index in [1.807, 2.05) is 24.3 Å². The van der Waals surface area contributed by atoms with Crippen molar-refractivity contribution in [3.05, 3.63) is 24.3 Å². The van der Waals surface area contributed by atoms with Gasteiger partial charge in [0.05, 0.1) is 25.3 Å². The van der Waals surface area contributed by atoms with Gasteiger partial charge < -0.3 is 15.2 Å². The van der Waals surface area contributed by atoms with Crippen molar-refractivity contribution in [3.63, 3.8) is 0 Å². The van der Waals surface area contributed by atoms with Gasteiger partial charge in [0, 0.05) is 25.0 Å². The third kappa shape index (κ3) is 3.59. The number of hydrogen-bond donors (Lipinski definition) is 1. The molecule has 0 atom stereocenters. The molecule has 0 unspecified atom stereocenters. The molecule has 0 aliphatic carbocycles. The van der Waals surface area contributed by atoms with Crippen LogP contribution in [0.4, 0.5) is 5.82 Å². The summed E-state index contributed by atoms with van der Waals surface area (Å²) in [5, 5.41) is 0.859. The maximum atomic E-state index is 5.92. The molecule has 1 aromatic carbocycles. The lowest BCUT2D eigenvalue weighted by Gasteiger charge is -2.26. The third-order valence-electron chi connectivity index (χ3n) is 3.57. The van der Waals surface area contributed by atoms with E-state index in [0.29, 0.717) is 18.4 Å². The number of rotatable bonds is 5. The number of ether oxygens (including phenoxy) is 2. The second-order valence-corrected chi connectivity index (χ2v) is 5.06. The number of morpholine rings is 1. The van der Waals surface area contributed by atoms with E-state index >= 15 is 0 Å². The van der Waals surface area contributed by atoms with Crippen LogP contribution < -0.4 is 10.5 Å². The molecule has 1 aromatic heterocycles. The Hall–Kier alpha value is -1.92. The fourth-order valence-corrected chi connectivity index (χ4v) is 2.42. The maximum Gasteiger partial charge on any atom is 0.318 e. The maximum absolute atomic E-state index is 5.92. The molecule has 2 aromatic rings. The number of benzene rings is 1. The highest BCUT2D eigenvalue weighted by molar-refractivity contribution is 5.87. The Labute approximate surface area is 123 Å². The van der Waals surface area contributed by atoms with E-state index in [-0.39, 0.29) is 0 Å². The van der Waals surface area contributed by atoms with E-state index in [4.69, 9.17) is 15.2 Å². The monoisotopic (exact) mass is 288 g/mol. The molecule has 6 nitrogen and oxygen atoms in total. The molecule has 3 rings (SSSR count). The number of fused-ring (bicyclic) bond motifs is 1. The van der Waals surface area contributed by atoms with E-state index in [1.165, 1.54) is 0 Å². The van der Waals surface area contributed by atoms with Gasteiger partial charge in [0.15, 0.2) is 0 Å². The van der Waals surface area contributed by atoms with Crippen LogP contribution in [0.3, 0.4) is 0 Å². The number of nitrogens with zero attached hydrogens (tertiary/aromatic N) is 3. The van der Waals surface area contributed by atoms with Gasteiger partial charge in [0.1, 0.15) is 5.82 Å². The van der Waals surface area contributed by atoms with E-state index in [1.54, 1.807) is 0 Å². The van der Waals surface area contributed by atoms with Gasteiger partial charge in [-0.25, -0.2) is 0 Å². The van der Waals surface area contributed by atoms with Crippen molar-refractivity contribution in [2.75, 3.05) is 45.2 Å². The number of hydrogen-bond acceptors (Lipinski definition) is 6. The molecule has 1 aliphatic rings. The number of nitrogens with two attached hydrogens (primary N) is 1. The summed E-state index contributed by atoms with van der Waals surface area (Å²) in [6, 6.07) is 8.02. The van der Waals surface area contributed by atoms with Gasteiger partial charge in [-0.3, -0.25) is 4.90 Å². The summed E-state index contributed by atoms with van der Waals surface area (Å²) >= 11 is 0. The van der Waals surface area contributed by atoms with Gasteiger partial charge in [-0.1, -0.05) is 12.1 Å². The first-order valence-corrected chi connectivity index (χ1v) is 7.28. The summed E-state index contributed by atoms with van der Waals surface area (Å²) in [6.07, 6.45) is 0.941. The SMILES string of the molecule is Nc1nc(OCCCN2CCOCC2)nc2ccccc12. The Morgan fingerprint density at radius 3 is 2.86 bits per heavy atom. The summed E-state index contributed by atoms with van der Waals surface area (Å²) in [4.78, 5) is 10.9. The van der Waals surface area contributed by atoms with Crippen molar-refractivity contribution in [2.24, 2.45) is 0 Å². The Morgan fingerprint density at radius 1 is 1.19 bits per heavy atom. The molecule has 2 heterocycles. The first-order chi connectivity index (χ1) is 10.3. The molecule has 21 heavy (non-hydrogen) atoms. The molecule has 1 fully saturated rings. The van der Waals surface area contributed by atoms with E-state index in [9.17, 15) is 0 Å². The average Bonchev–Trinajstić information content (AvgIpc) is 2.53. The molecule has 0 radical (unpaired) electrons. The fourth-order valence-electron chi connectivity index (χ4n) is 2.42. The number of aromatic nitrogens is 2. The minimum absolute atomic E-state index is 0.355. The van der Waals surface area contributed by atoms with Crippen LogP contribution in [0.25, 0.3) is 10.9 Å². The molecule has 2 N–H and O–H groups in total. The summed E-state index contributed by atoms with van der Waals surface area (Å²) in [5.74, 6) is 0.462. The number of nitrogen functional groups attached to an aromatic ring is 1. The zero-order valence-electron chi connectivity index (χ0n) is 12.0. The molecule has 1 saturated heterocycles. The van der Waals surface area contributed by atoms with E-state index in [2.05, 4.69) is 14.9 Å². The Balaban J connectivity index is 1.53. The van der Waals surface area contributed by atoms with Crippen LogP contribution in [0.2, 0.25) is 0 Å².